The second kappa shape index (κ2) is 6.20. The molecule has 0 spiro atoms. The smallest absolute Gasteiger partial charge is 0.337 e. The van der Waals surface area contributed by atoms with Crippen molar-refractivity contribution in [2.24, 2.45) is 0 Å². The Morgan fingerprint density at radius 3 is 2.63 bits per heavy atom. The Hall–Kier alpha value is -2.07. The minimum Gasteiger partial charge on any atom is -0.468 e. The molecule has 0 unspecified atom stereocenters. The van der Waals surface area contributed by atoms with Crippen LogP contribution in [0, 0.1) is 0 Å². The number of esters is 1. The van der Waals surface area contributed by atoms with Gasteiger partial charge in [0.25, 0.3) is 0 Å². The zero-order chi connectivity index (χ0) is 13.7. The molecule has 0 radical (unpaired) electrons. The lowest BCUT2D eigenvalue weighted by atomic mass is 10.1. The standard InChI is InChI=1S/C15H17NO3/c1-11(14-4-3-9-19-14)16-10-12-5-7-13(8-6-12)15(17)18-2/h3-9,11,16H,10H2,1-2H3/t11-/m0/s1. The maximum atomic E-state index is 11.3. The van der Waals surface area contributed by atoms with E-state index in [0.717, 1.165) is 11.3 Å². The highest BCUT2D eigenvalue weighted by molar-refractivity contribution is 5.89. The van der Waals surface area contributed by atoms with Crippen LogP contribution in [0.15, 0.2) is 47.1 Å². The first-order valence-electron chi connectivity index (χ1n) is 6.14. The van der Waals surface area contributed by atoms with Crippen LogP contribution in [0.3, 0.4) is 0 Å². The van der Waals surface area contributed by atoms with Gasteiger partial charge in [-0.3, -0.25) is 0 Å². The van der Waals surface area contributed by atoms with Crippen LogP contribution < -0.4 is 5.32 Å². The van der Waals surface area contributed by atoms with Crippen LogP contribution in [0.1, 0.15) is 34.6 Å². The fourth-order valence-corrected chi connectivity index (χ4v) is 1.79. The molecule has 19 heavy (non-hydrogen) atoms. The number of hydrogen-bond donors (Lipinski definition) is 1. The lowest BCUT2D eigenvalue weighted by molar-refractivity contribution is 0.0600. The van der Waals surface area contributed by atoms with Gasteiger partial charge in [0.15, 0.2) is 0 Å². The second-order valence-electron chi connectivity index (χ2n) is 4.31. The van der Waals surface area contributed by atoms with Gasteiger partial charge in [-0.25, -0.2) is 4.79 Å². The van der Waals surface area contributed by atoms with E-state index in [1.54, 1.807) is 18.4 Å². The number of methoxy groups -OCH3 is 1. The Balaban J connectivity index is 1.91. The largest absolute Gasteiger partial charge is 0.468 e. The van der Waals surface area contributed by atoms with Gasteiger partial charge in [-0.05, 0) is 36.8 Å². The third-order valence-electron chi connectivity index (χ3n) is 2.96. The molecule has 2 rings (SSSR count). The molecular weight excluding hydrogens is 242 g/mol. The van der Waals surface area contributed by atoms with Crippen molar-refractivity contribution >= 4 is 5.97 Å². The van der Waals surface area contributed by atoms with Gasteiger partial charge in [0, 0.05) is 6.54 Å². The van der Waals surface area contributed by atoms with E-state index < -0.39 is 0 Å². The van der Waals surface area contributed by atoms with Crippen LogP contribution in [0.4, 0.5) is 0 Å². The quantitative estimate of drug-likeness (QED) is 0.839. The van der Waals surface area contributed by atoms with Crippen molar-refractivity contribution < 1.29 is 13.9 Å². The number of nitrogens with one attached hydrogen (secondary N) is 1. The SMILES string of the molecule is COC(=O)c1ccc(CN[C@@H](C)c2ccco2)cc1. The summed E-state index contributed by atoms with van der Waals surface area (Å²) in [4.78, 5) is 11.3. The molecule has 0 amide bonds. The number of carbonyl (C=O) groups excluding carboxylic acids is 1. The predicted octanol–water partition coefficient (Wildman–Crippen LogP) is 2.92. The van der Waals surface area contributed by atoms with E-state index in [1.807, 2.05) is 31.2 Å². The third-order valence-corrected chi connectivity index (χ3v) is 2.96. The topological polar surface area (TPSA) is 51.5 Å². The monoisotopic (exact) mass is 259 g/mol. The molecule has 0 aliphatic carbocycles. The van der Waals surface area contributed by atoms with Crippen molar-refractivity contribution in [3.8, 4) is 0 Å². The number of ether oxygens (including phenoxy) is 1. The third kappa shape index (κ3) is 3.45. The molecule has 1 aromatic heterocycles. The summed E-state index contributed by atoms with van der Waals surface area (Å²) in [6, 6.07) is 11.3. The van der Waals surface area contributed by atoms with Crippen molar-refractivity contribution in [3.05, 3.63) is 59.5 Å². The minimum absolute atomic E-state index is 0.148. The highest BCUT2D eigenvalue weighted by Crippen LogP contribution is 2.13. The molecule has 0 saturated carbocycles. The van der Waals surface area contributed by atoms with Crippen molar-refractivity contribution in [1.82, 2.24) is 5.32 Å². The molecule has 4 heteroatoms. The average Bonchev–Trinajstić information content (AvgIpc) is 2.98. The highest BCUT2D eigenvalue weighted by atomic mass is 16.5. The fraction of sp³-hybridized carbons (Fsp3) is 0.267. The number of rotatable bonds is 5. The molecule has 1 atom stereocenters. The number of benzene rings is 1. The molecule has 1 heterocycles. The van der Waals surface area contributed by atoms with E-state index in [-0.39, 0.29) is 12.0 Å². The molecule has 0 bridgehead atoms. The molecule has 2 aromatic rings. The second-order valence-corrected chi connectivity index (χ2v) is 4.31. The van der Waals surface area contributed by atoms with E-state index in [1.165, 1.54) is 7.11 Å². The van der Waals surface area contributed by atoms with Crippen LogP contribution in [0.2, 0.25) is 0 Å². The van der Waals surface area contributed by atoms with Crippen LogP contribution in [0.5, 0.6) is 0 Å². The van der Waals surface area contributed by atoms with Gasteiger partial charge in [-0.1, -0.05) is 12.1 Å². The summed E-state index contributed by atoms with van der Waals surface area (Å²) < 4.78 is 9.98. The van der Waals surface area contributed by atoms with Crippen LogP contribution in [0.25, 0.3) is 0 Å². The lowest BCUT2D eigenvalue weighted by Crippen LogP contribution is -2.17. The molecule has 0 aliphatic rings. The maximum Gasteiger partial charge on any atom is 0.337 e. The van der Waals surface area contributed by atoms with E-state index in [4.69, 9.17) is 4.42 Å². The normalized spacial score (nSPS) is 12.1. The summed E-state index contributed by atoms with van der Waals surface area (Å²) in [6.45, 7) is 2.75. The van der Waals surface area contributed by atoms with Crippen molar-refractivity contribution in [2.45, 2.75) is 19.5 Å². The number of hydrogen-bond acceptors (Lipinski definition) is 4. The van der Waals surface area contributed by atoms with Gasteiger partial charge in [-0.15, -0.1) is 0 Å². The summed E-state index contributed by atoms with van der Waals surface area (Å²) in [6.07, 6.45) is 1.67. The Kier molecular flexibility index (Phi) is 4.36. The van der Waals surface area contributed by atoms with Crippen molar-refractivity contribution in [3.63, 3.8) is 0 Å². The van der Waals surface area contributed by atoms with E-state index in [2.05, 4.69) is 10.1 Å². The van der Waals surface area contributed by atoms with Crippen molar-refractivity contribution in [1.29, 1.82) is 0 Å². The molecule has 1 N–H and O–H groups in total. The minimum atomic E-state index is -0.316. The Morgan fingerprint density at radius 2 is 2.05 bits per heavy atom. The predicted molar refractivity (Wildman–Crippen MR) is 71.7 cm³/mol. The lowest BCUT2D eigenvalue weighted by Gasteiger charge is -2.11. The van der Waals surface area contributed by atoms with E-state index in [9.17, 15) is 4.79 Å². The summed E-state index contributed by atoms with van der Waals surface area (Å²) in [5.74, 6) is 0.592. The van der Waals surface area contributed by atoms with Crippen LogP contribution >= 0.6 is 0 Å². The average molecular weight is 259 g/mol. The molecular formula is C15H17NO3. The first kappa shape index (κ1) is 13.4. The fourth-order valence-electron chi connectivity index (χ4n) is 1.79. The number of furan rings is 1. The number of carbonyl (C=O) groups is 1. The molecule has 1 aromatic carbocycles. The Morgan fingerprint density at radius 1 is 1.32 bits per heavy atom. The van der Waals surface area contributed by atoms with E-state index in [0.29, 0.717) is 12.1 Å². The van der Waals surface area contributed by atoms with Gasteiger partial charge in [0.2, 0.25) is 0 Å². The Bertz CT molecular complexity index is 517. The summed E-state index contributed by atoms with van der Waals surface area (Å²) in [5.41, 5.74) is 1.66. The summed E-state index contributed by atoms with van der Waals surface area (Å²) in [5, 5.41) is 3.35. The molecule has 0 fully saturated rings. The first-order valence-corrected chi connectivity index (χ1v) is 6.14. The van der Waals surface area contributed by atoms with Crippen LogP contribution in [-0.2, 0) is 11.3 Å². The Labute approximate surface area is 112 Å². The van der Waals surface area contributed by atoms with Gasteiger partial charge < -0.3 is 14.5 Å². The van der Waals surface area contributed by atoms with Crippen LogP contribution in [-0.4, -0.2) is 13.1 Å². The highest BCUT2D eigenvalue weighted by Gasteiger charge is 2.08. The molecule has 0 saturated heterocycles. The van der Waals surface area contributed by atoms with Gasteiger partial charge >= 0.3 is 5.97 Å². The van der Waals surface area contributed by atoms with Crippen molar-refractivity contribution in [2.75, 3.05) is 7.11 Å². The maximum absolute atomic E-state index is 11.3. The zero-order valence-electron chi connectivity index (χ0n) is 11.1. The van der Waals surface area contributed by atoms with E-state index >= 15 is 0 Å². The molecule has 4 nitrogen and oxygen atoms in total. The molecule has 100 valence electrons. The summed E-state index contributed by atoms with van der Waals surface area (Å²) >= 11 is 0. The van der Waals surface area contributed by atoms with Gasteiger partial charge in [0.1, 0.15) is 5.76 Å². The summed E-state index contributed by atoms with van der Waals surface area (Å²) in [7, 11) is 1.38. The first-order chi connectivity index (χ1) is 9.20. The zero-order valence-corrected chi connectivity index (χ0v) is 11.1. The van der Waals surface area contributed by atoms with Gasteiger partial charge in [0.05, 0.1) is 25.0 Å². The van der Waals surface area contributed by atoms with Gasteiger partial charge in [-0.2, -0.15) is 0 Å². The molecule has 0 aliphatic heterocycles.